The van der Waals surface area contributed by atoms with Crippen LogP contribution in [-0.4, -0.2) is 95.8 Å². The Morgan fingerprint density at radius 2 is 1.00 bits per heavy atom. The first kappa shape index (κ1) is 46.8. The molecule has 0 unspecified atom stereocenters. The zero-order chi connectivity index (χ0) is 42.5. The Hall–Kier alpha value is -6.40. The average molecular weight is 795 g/mol. The van der Waals surface area contributed by atoms with E-state index in [2.05, 4.69) is 36.6 Å². The summed E-state index contributed by atoms with van der Waals surface area (Å²) in [5.74, 6) is -4.40. The van der Waals surface area contributed by atoms with Crippen LogP contribution in [0.3, 0.4) is 0 Å². The molecular weight excluding hydrogens is 736 g/mol. The lowest BCUT2D eigenvalue weighted by Crippen LogP contribution is -2.59. The summed E-state index contributed by atoms with van der Waals surface area (Å²) < 4.78 is 0. The lowest BCUT2D eigenvalue weighted by Gasteiger charge is -2.27. The third-order valence-electron chi connectivity index (χ3n) is 8.51. The fourth-order valence-corrected chi connectivity index (χ4v) is 5.74. The molecule has 2 aromatic carbocycles. The number of hydrogen-bond donors (Lipinski definition) is 11. The van der Waals surface area contributed by atoms with Crippen molar-refractivity contribution in [2.75, 3.05) is 13.1 Å². The van der Waals surface area contributed by atoms with Crippen molar-refractivity contribution in [1.29, 1.82) is 0 Å². The Bertz CT molecular complexity index is 1700. The molecule has 2 rings (SSSR count). The number of nitrogens with one attached hydrogen (secondary N) is 5. The van der Waals surface area contributed by atoms with Gasteiger partial charge in [-0.1, -0.05) is 56.3 Å². The van der Waals surface area contributed by atoms with Gasteiger partial charge >= 0.3 is 0 Å². The van der Waals surface area contributed by atoms with E-state index in [1.165, 1.54) is 19.1 Å². The molecule has 0 radical (unpaired) electrons. The quantitative estimate of drug-likeness (QED) is 0.0322. The van der Waals surface area contributed by atoms with Crippen LogP contribution in [0.1, 0.15) is 64.0 Å². The highest BCUT2D eigenvalue weighted by molar-refractivity contribution is 5.96. The Kier molecular flexibility index (Phi) is 19.8. The number of benzene rings is 2. The van der Waals surface area contributed by atoms with Crippen molar-refractivity contribution in [2.45, 2.75) is 95.9 Å². The van der Waals surface area contributed by atoms with Gasteiger partial charge in [0.1, 0.15) is 36.0 Å². The van der Waals surface area contributed by atoms with E-state index in [4.69, 9.17) is 28.7 Å². The van der Waals surface area contributed by atoms with Gasteiger partial charge in [0.05, 0.1) is 0 Å². The molecule has 0 aliphatic rings. The van der Waals surface area contributed by atoms with Gasteiger partial charge in [-0.15, -0.1) is 0 Å². The number of phenols is 1. The van der Waals surface area contributed by atoms with Crippen molar-refractivity contribution in [1.82, 2.24) is 26.6 Å². The molecule has 0 saturated carbocycles. The molecule has 0 fully saturated rings. The number of carbonyl (C=O) groups is 6. The van der Waals surface area contributed by atoms with Gasteiger partial charge in [0.15, 0.2) is 11.9 Å². The number of aliphatic imine (C=N–C) groups is 2. The number of hydrogen-bond acceptors (Lipinski definition) is 9. The topological polar surface area (TPSA) is 338 Å². The number of rotatable bonds is 24. The van der Waals surface area contributed by atoms with Crippen molar-refractivity contribution < 1.29 is 33.9 Å². The first-order valence-electron chi connectivity index (χ1n) is 18.7. The van der Waals surface area contributed by atoms with Crippen molar-refractivity contribution in [3.8, 4) is 5.75 Å². The van der Waals surface area contributed by atoms with E-state index < -0.39 is 65.7 Å². The van der Waals surface area contributed by atoms with Gasteiger partial charge in [0.2, 0.25) is 35.4 Å². The third-order valence-corrected chi connectivity index (χ3v) is 8.51. The number of phenolic OH excluding ortho intramolecular Hbond substituents is 1. The summed E-state index contributed by atoms with van der Waals surface area (Å²) in [5.41, 5.74) is 28.6. The maximum atomic E-state index is 14.1. The third kappa shape index (κ3) is 18.7. The average Bonchev–Trinajstić information content (AvgIpc) is 3.13. The minimum atomic E-state index is -1.24. The zero-order valence-corrected chi connectivity index (χ0v) is 32.7. The highest BCUT2D eigenvalue weighted by Crippen LogP contribution is 2.13. The maximum Gasteiger partial charge on any atom is 0.243 e. The van der Waals surface area contributed by atoms with Gasteiger partial charge in [-0.2, -0.15) is 0 Å². The first-order valence-corrected chi connectivity index (χ1v) is 18.7. The Morgan fingerprint density at radius 1 is 0.579 bits per heavy atom. The molecule has 19 heteroatoms. The van der Waals surface area contributed by atoms with Gasteiger partial charge in [-0.05, 0) is 61.3 Å². The van der Waals surface area contributed by atoms with Crippen molar-refractivity contribution >= 4 is 47.4 Å². The Balaban J connectivity index is 2.38. The molecule has 0 spiro atoms. The Labute approximate surface area is 332 Å². The minimum Gasteiger partial charge on any atom is -0.508 e. The molecule has 6 amide bonds. The molecule has 312 valence electrons. The van der Waals surface area contributed by atoms with Crippen molar-refractivity contribution in [3.05, 3.63) is 65.7 Å². The van der Waals surface area contributed by atoms with E-state index in [9.17, 15) is 33.9 Å². The summed E-state index contributed by atoms with van der Waals surface area (Å²) in [5, 5.41) is 23.1. The van der Waals surface area contributed by atoms with Gasteiger partial charge in [-0.25, -0.2) is 0 Å². The zero-order valence-electron chi connectivity index (χ0n) is 32.7. The summed E-state index contributed by atoms with van der Waals surface area (Å²) in [4.78, 5) is 87.6. The molecule has 19 nitrogen and oxygen atoms in total. The molecule has 0 heterocycles. The fraction of sp³-hybridized carbons (Fsp3) is 0.474. The molecule has 2 aromatic rings. The molecule has 16 N–H and O–H groups in total. The second-order valence-corrected chi connectivity index (χ2v) is 14.0. The standard InChI is InChI=1S/C38H58N12O7/c1-22(2)19-29(49-35(56)30(46-23(3)51)21-25-13-15-26(52)16-14-25)34(55)48-28(12-8-18-45-38(42)43)33(54)50-31(20-24-9-5-4-6-10-24)36(57)47-27(32(39)53)11-7-17-44-37(40)41/h4-6,9-10,13-16,22,27-31,52H,7-8,11-12,17-21H2,1-3H3,(H2,39,53)(H,46,51)(H,47,57)(H,48,55)(H,49,56)(H,50,54)(H4,40,41,44)(H4,42,43,45)/t27-,28-,29-,30-,31-/m0/s1. The molecule has 0 saturated heterocycles. The summed E-state index contributed by atoms with van der Waals surface area (Å²) in [6.07, 6.45) is 0.961. The van der Waals surface area contributed by atoms with Gasteiger partial charge < -0.3 is 60.4 Å². The predicted molar refractivity (Wildman–Crippen MR) is 216 cm³/mol. The highest BCUT2D eigenvalue weighted by atomic mass is 16.3. The van der Waals surface area contributed by atoms with Crippen LogP contribution in [0.5, 0.6) is 5.75 Å². The van der Waals surface area contributed by atoms with Crippen molar-refractivity contribution in [3.63, 3.8) is 0 Å². The monoisotopic (exact) mass is 794 g/mol. The molecule has 5 atom stereocenters. The van der Waals surface area contributed by atoms with E-state index in [1.807, 2.05) is 13.8 Å². The van der Waals surface area contributed by atoms with Crippen LogP contribution in [0.2, 0.25) is 0 Å². The van der Waals surface area contributed by atoms with Crippen molar-refractivity contribution in [2.24, 2.45) is 44.6 Å². The van der Waals surface area contributed by atoms with E-state index >= 15 is 0 Å². The number of amides is 6. The number of aromatic hydroxyl groups is 1. The van der Waals surface area contributed by atoms with E-state index in [1.54, 1.807) is 42.5 Å². The van der Waals surface area contributed by atoms with Crippen LogP contribution in [-0.2, 0) is 41.6 Å². The summed E-state index contributed by atoms with van der Waals surface area (Å²) in [6.45, 7) is 5.27. The van der Waals surface area contributed by atoms with E-state index in [-0.39, 0.29) is 75.2 Å². The molecule has 0 bridgehead atoms. The number of guanidine groups is 2. The summed E-state index contributed by atoms with van der Waals surface area (Å²) >= 11 is 0. The maximum absolute atomic E-state index is 14.1. The second kappa shape index (κ2) is 24.2. The van der Waals surface area contributed by atoms with Crippen LogP contribution in [0.15, 0.2) is 64.6 Å². The van der Waals surface area contributed by atoms with Crippen LogP contribution < -0.4 is 55.3 Å². The van der Waals surface area contributed by atoms with Crippen LogP contribution in [0, 0.1) is 5.92 Å². The fourth-order valence-electron chi connectivity index (χ4n) is 5.74. The molecule has 0 aromatic heterocycles. The predicted octanol–water partition coefficient (Wildman–Crippen LogP) is -1.74. The van der Waals surface area contributed by atoms with E-state index in [0.29, 0.717) is 17.5 Å². The van der Waals surface area contributed by atoms with Crippen LogP contribution in [0.25, 0.3) is 0 Å². The lowest BCUT2D eigenvalue weighted by atomic mass is 10.00. The van der Waals surface area contributed by atoms with E-state index in [0.717, 1.165) is 0 Å². The first-order chi connectivity index (χ1) is 26.9. The number of nitrogens with two attached hydrogens (primary N) is 5. The minimum absolute atomic E-state index is 0.0180. The number of primary amides is 1. The van der Waals surface area contributed by atoms with Crippen LogP contribution >= 0.6 is 0 Å². The smallest absolute Gasteiger partial charge is 0.243 e. The molecule has 57 heavy (non-hydrogen) atoms. The highest BCUT2D eigenvalue weighted by Gasteiger charge is 2.32. The Morgan fingerprint density at radius 3 is 1.49 bits per heavy atom. The molecule has 0 aliphatic heterocycles. The summed E-state index contributed by atoms with van der Waals surface area (Å²) in [6, 6.07) is 9.18. The number of nitrogens with zero attached hydrogens (tertiary/aromatic N) is 2. The van der Waals surface area contributed by atoms with Gasteiger partial charge in [0.25, 0.3) is 0 Å². The molecular formula is C38H58N12O7. The second-order valence-electron chi connectivity index (χ2n) is 14.0. The largest absolute Gasteiger partial charge is 0.508 e. The lowest BCUT2D eigenvalue weighted by molar-refractivity contribution is -0.135. The molecule has 0 aliphatic carbocycles. The normalized spacial score (nSPS) is 13.4. The van der Waals surface area contributed by atoms with Gasteiger partial charge in [-0.3, -0.25) is 38.8 Å². The van der Waals surface area contributed by atoms with Crippen LogP contribution in [0.4, 0.5) is 0 Å². The number of carbonyl (C=O) groups excluding carboxylic acids is 6. The van der Waals surface area contributed by atoms with Gasteiger partial charge in [0, 0.05) is 32.9 Å². The summed E-state index contributed by atoms with van der Waals surface area (Å²) in [7, 11) is 0. The SMILES string of the molecule is CC(=O)N[C@@H](Cc1ccc(O)cc1)C(=O)N[C@@H](CC(C)C)C(=O)N[C@@H](CCCN=C(N)N)C(=O)N[C@@H](Cc1ccccc1)C(=O)N[C@@H](CCCN=C(N)N)C(N)=O.